The Morgan fingerprint density at radius 2 is 2.07 bits per heavy atom. The first-order valence-electron chi connectivity index (χ1n) is 5.26. The van der Waals surface area contributed by atoms with Gasteiger partial charge in [0.25, 0.3) is 0 Å². The summed E-state index contributed by atoms with van der Waals surface area (Å²) < 4.78 is 5.46. The van der Waals surface area contributed by atoms with E-state index in [1.54, 1.807) is 7.11 Å². The minimum absolute atomic E-state index is 0.154. The summed E-state index contributed by atoms with van der Waals surface area (Å²) in [4.78, 5) is 0. The Morgan fingerprint density at radius 3 is 2.50 bits per heavy atom. The fourth-order valence-corrected chi connectivity index (χ4v) is 1.23. The van der Waals surface area contributed by atoms with Crippen LogP contribution in [0, 0.1) is 11.8 Å². The molecule has 0 aromatic rings. The second kappa shape index (κ2) is 6.86. The minimum atomic E-state index is -0.154. The first-order chi connectivity index (χ1) is 6.58. The number of nitrogens with one attached hydrogen (secondary N) is 1. The van der Waals surface area contributed by atoms with Gasteiger partial charge in [-0.25, -0.2) is 0 Å². The highest BCUT2D eigenvalue weighted by molar-refractivity contribution is 5.02. The van der Waals surface area contributed by atoms with Crippen LogP contribution < -0.4 is 5.32 Å². The van der Waals surface area contributed by atoms with Crippen LogP contribution >= 0.6 is 0 Å². The van der Waals surface area contributed by atoms with Crippen molar-refractivity contribution in [3.63, 3.8) is 0 Å². The summed E-state index contributed by atoms with van der Waals surface area (Å²) in [5, 5.41) is 3.47. The number of methoxy groups -OCH3 is 1. The molecule has 0 aliphatic rings. The van der Waals surface area contributed by atoms with Gasteiger partial charge in [-0.15, -0.1) is 11.8 Å². The summed E-state index contributed by atoms with van der Waals surface area (Å²) >= 11 is 0. The van der Waals surface area contributed by atoms with Crippen molar-refractivity contribution in [2.45, 2.75) is 52.2 Å². The Balaban J connectivity index is 4.27. The molecule has 2 heteroatoms. The molecule has 2 nitrogen and oxygen atoms in total. The van der Waals surface area contributed by atoms with Crippen LogP contribution in [0.2, 0.25) is 0 Å². The molecule has 14 heavy (non-hydrogen) atoms. The fraction of sp³-hybridized carbons (Fsp3) is 0.833. The van der Waals surface area contributed by atoms with E-state index in [2.05, 4.69) is 37.9 Å². The lowest BCUT2D eigenvalue weighted by Crippen LogP contribution is -2.48. The maximum Gasteiger partial charge on any atom is 0.0784 e. The molecule has 82 valence electrons. The Kier molecular flexibility index (Phi) is 6.61. The van der Waals surface area contributed by atoms with E-state index in [1.807, 2.05) is 6.92 Å². The van der Waals surface area contributed by atoms with Gasteiger partial charge in [0.2, 0.25) is 0 Å². The number of hydrogen-bond acceptors (Lipinski definition) is 2. The standard InChI is InChI=1S/C12H23NO/c1-6-8-9-11(13-10-7-2)12(3,4)14-5/h11,13H,7,9-10H2,1-5H3. The molecule has 1 N–H and O–H groups in total. The molecular formula is C12H23NO. The van der Waals surface area contributed by atoms with Gasteiger partial charge in [0.15, 0.2) is 0 Å². The van der Waals surface area contributed by atoms with E-state index in [-0.39, 0.29) is 5.60 Å². The second-order valence-electron chi connectivity index (χ2n) is 3.95. The van der Waals surface area contributed by atoms with E-state index in [1.165, 1.54) is 0 Å². The van der Waals surface area contributed by atoms with Gasteiger partial charge in [-0.05, 0) is 33.7 Å². The van der Waals surface area contributed by atoms with Crippen molar-refractivity contribution in [1.29, 1.82) is 0 Å². The third-order valence-corrected chi connectivity index (χ3v) is 2.49. The largest absolute Gasteiger partial charge is 0.377 e. The van der Waals surface area contributed by atoms with Crippen LogP contribution in [0.4, 0.5) is 0 Å². The smallest absolute Gasteiger partial charge is 0.0784 e. The zero-order valence-corrected chi connectivity index (χ0v) is 10.1. The molecule has 0 amide bonds. The highest BCUT2D eigenvalue weighted by Gasteiger charge is 2.27. The van der Waals surface area contributed by atoms with Crippen molar-refractivity contribution >= 4 is 0 Å². The molecule has 0 aromatic carbocycles. The Labute approximate surface area is 88.4 Å². The van der Waals surface area contributed by atoms with Crippen LogP contribution in [0.15, 0.2) is 0 Å². The molecule has 1 unspecified atom stereocenters. The lowest BCUT2D eigenvalue weighted by Gasteiger charge is -2.32. The predicted octanol–water partition coefficient (Wildman–Crippen LogP) is 2.19. The van der Waals surface area contributed by atoms with Crippen molar-refractivity contribution in [2.24, 2.45) is 0 Å². The zero-order chi connectivity index (χ0) is 11.0. The van der Waals surface area contributed by atoms with E-state index in [0.29, 0.717) is 6.04 Å². The van der Waals surface area contributed by atoms with Crippen LogP contribution in [-0.2, 0) is 4.74 Å². The van der Waals surface area contributed by atoms with Gasteiger partial charge in [-0.1, -0.05) is 6.92 Å². The average Bonchev–Trinajstić information content (AvgIpc) is 2.17. The summed E-state index contributed by atoms with van der Waals surface area (Å²) in [7, 11) is 1.75. The van der Waals surface area contributed by atoms with Crippen molar-refractivity contribution < 1.29 is 4.74 Å². The zero-order valence-electron chi connectivity index (χ0n) is 10.1. The van der Waals surface area contributed by atoms with E-state index >= 15 is 0 Å². The molecule has 0 spiro atoms. The minimum Gasteiger partial charge on any atom is -0.377 e. The molecule has 0 fully saturated rings. The molecule has 0 aromatic heterocycles. The van der Waals surface area contributed by atoms with Gasteiger partial charge in [-0.2, -0.15) is 0 Å². The van der Waals surface area contributed by atoms with Crippen molar-refractivity contribution in [2.75, 3.05) is 13.7 Å². The number of rotatable bonds is 6. The van der Waals surface area contributed by atoms with E-state index in [0.717, 1.165) is 19.4 Å². The maximum atomic E-state index is 5.46. The molecule has 0 bridgehead atoms. The summed E-state index contributed by atoms with van der Waals surface area (Å²) in [6.07, 6.45) is 1.98. The second-order valence-corrected chi connectivity index (χ2v) is 3.95. The van der Waals surface area contributed by atoms with E-state index in [4.69, 9.17) is 4.74 Å². The first-order valence-corrected chi connectivity index (χ1v) is 5.26. The Hall–Kier alpha value is -0.520. The monoisotopic (exact) mass is 197 g/mol. The van der Waals surface area contributed by atoms with Crippen LogP contribution in [0.1, 0.15) is 40.5 Å². The van der Waals surface area contributed by atoms with Crippen LogP contribution in [0.3, 0.4) is 0 Å². The average molecular weight is 197 g/mol. The molecule has 0 rings (SSSR count). The first kappa shape index (κ1) is 13.5. The SMILES string of the molecule is CC#CCC(NCCC)C(C)(C)OC. The van der Waals surface area contributed by atoms with Gasteiger partial charge in [0, 0.05) is 19.6 Å². The van der Waals surface area contributed by atoms with E-state index in [9.17, 15) is 0 Å². The summed E-state index contributed by atoms with van der Waals surface area (Å²) in [6.45, 7) is 9.24. The lowest BCUT2D eigenvalue weighted by atomic mass is 9.95. The molecule has 1 atom stereocenters. The van der Waals surface area contributed by atoms with E-state index < -0.39 is 0 Å². The van der Waals surface area contributed by atoms with Gasteiger partial charge in [0.1, 0.15) is 0 Å². The summed E-state index contributed by atoms with van der Waals surface area (Å²) in [6, 6.07) is 0.305. The Morgan fingerprint density at radius 1 is 1.43 bits per heavy atom. The summed E-state index contributed by atoms with van der Waals surface area (Å²) in [5.41, 5.74) is -0.154. The van der Waals surface area contributed by atoms with Crippen LogP contribution in [-0.4, -0.2) is 25.3 Å². The van der Waals surface area contributed by atoms with Crippen LogP contribution in [0.5, 0.6) is 0 Å². The van der Waals surface area contributed by atoms with Crippen LogP contribution in [0.25, 0.3) is 0 Å². The fourth-order valence-electron chi connectivity index (χ4n) is 1.23. The van der Waals surface area contributed by atoms with Crippen molar-refractivity contribution in [3.05, 3.63) is 0 Å². The molecule has 0 heterocycles. The predicted molar refractivity (Wildman–Crippen MR) is 61.2 cm³/mol. The quantitative estimate of drug-likeness (QED) is 0.659. The van der Waals surface area contributed by atoms with Gasteiger partial charge >= 0.3 is 0 Å². The molecule has 0 saturated heterocycles. The highest BCUT2D eigenvalue weighted by atomic mass is 16.5. The maximum absolute atomic E-state index is 5.46. The lowest BCUT2D eigenvalue weighted by molar-refractivity contribution is -0.00866. The third kappa shape index (κ3) is 4.64. The molecular weight excluding hydrogens is 174 g/mol. The molecule has 0 saturated carbocycles. The highest BCUT2D eigenvalue weighted by Crippen LogP contribution is 2.16. The molecule has 0 aliphatic heterocycles. The van der Waals surface area contributed by atoms with Gasteiger partial charge < -0.3 is 10.1 Å². The molecule has 0 aliphatic carbocycles. The van der Waals surface area contributed by atoms with Gasteiger partial charge in [-0.3, -0.25) is 0 Å². The van der Waals surface area contributed by atoms with Crippen molar-refractivity contribution in [3.8, 4) is 11.8 Å². The third-order valence-electron chi connectivity index (χ3n) is 2.49. The topological polar surface area (TPSA) is 21.3 Å². The number of hydrogen-bond donors (Lipinski definition) is 1. The normalized spacial score (nSPS) is 13.2. The Bertz CT molecular complexity index is 200. The number of ether oxygens (including phenoxy) is 1. The van der Waals surface area contributed by atoms with Crippen molar-refractivity contribution in [1.82, 2.24) is 5.32 Å². The molecule has 0 radical (unpaired) electrons. The van der Waals surface area contributed by atoms with Gasteiger partial charge in [0.05, 0.1) is 5.60 Å². The summed E-state index contributed by atoms with van der Waals surface area (Å²) in [5.74, 6) is 6.03.